The number of hydrogen-bond acceptors (Lipinski definition) is 4. The van der Waals surface area contributed by atoms with Crippen molar-refractivity contribution < 1.29 is 4.42 Å². The van der Waals surface area contributed by atoms with E-state index in [9.17, 15) is 0 Å². The van der Waals surface area contributed by atoms with E-state index in [4.69, 9.17) is 4.42 Å². The number of nitrogens with zero attached hydrogens (tertiary/aromatic N) is 3. The zero-order chi connectivity index (χ0) is 40.5. The van der Waals surface area contributed by atoms with Crippen LogP contribution in [0.2, 0.25) is 0 Å². The van der Waals surface area contributed by atoms with Crippen molar-refractivity contribution in [3.05, 3.63) is 237 Å². The number of furan rings is 1. The molecule has 9 aromatic carbocycles. The van der Waals surface area contributed by atoms with Crippen LogP contribution in [0.25, 0.3) is 66.1 Å². The summed E-state index contributed by atoms with van der Waals surface area (Å²) in [6, 6.07) is 79.7. The number of para-hydroxylation sites is 2. The summed E-state index contributed by atoms with van der Waals surface area (Å²) >= 11 is 0. The van der Waals surface area contributed by atoms with Gasteiger partial charge in [-0.15, -0.1) is 0 Å². The molecular formula is C57H39N3O. The molecule has 2 aromatic heterocycles. The quantitative estimate of drug-likeness (QED) is 0.146. The van der Waals surface area contributed by atoms with Gasteiger partial charge in [0.25, 0.3) is 0 Å². The number of aromatic nitrogens is 1. The van der Waals surface area contributed by atoms with Gasteiger partial charge in [-0.2, -0.15) is 0 Å². The predicted molar refractivity (Wildman–Crippen MR) is 255 cm³/mol. The molecule has 0 bridgehead atoms. The number of benzene rings is 9. The first-order chi connectivity index (χ1) is 30.2. The lowest BCUT2D eigenvalue weighted by atomic mass is 9.99. The van der Waals surface area contributed by atoms with Crippen molar-refractivity contribution in [3.63, 3.8) is 0 Å². The second-order valence-electron chi connectivity index (χ2n) is 15.3. The Morgan fingerprint density at radius 3 is 1.38 bits per heavy atom. The fourth-order valence-corrected chi connectivity index (χ4v) is 8.48. The fourth-order valence-electron chi connectivity index (χ4n) is 8.48. The number of hydrogen-bond donors (Lipinski definition) is 0. The lowest BCUT2D eigenvalue weighted by Crippen LogP contribution is -2.10. The second-order valence-corrected chi connectivity index (χ2v) is 15.3. The Hall–Kier alpha value is -8.21. The molecule has 0 unspecified atom stereocenters. The summed E-state index contributed by atoms with van der Waals surface area (Å²) in [5, 5.41) is 4.49. The Morgan fingerprint density at radius 2 is 0.787 bits per heavy atom. The van der Waals surface area contributed by atoms with E-state index in [2.05, 4.69) is 233 Å². The molecule has 0 aliphatic rings. The van der Waals surface area contributed by atoms with Crippen molar-refractivity contribution in [2.24, 2.45) is 0 Å². The van der Waals surface area contributed by atoms with E-state index in [0.717, 1.165) is 83.7 Å². The van der Waals surface area contributed by atoms with Crippen molar-refractivity contribution >= 4 is 66.8 Å². The van der Waals surface area contributed by atoms with E-state index in [1.807, 2.05) is 12.3 Å². The van der Waals surface area contributed by atoms with Crippen LogP contribution in [0.15, 0.2) is 241 Å². The predicted octanol–water partition coefficient (Wildman–Crippen LogP) is 16.1. The van der Waals surface area contributed by atoms with Gasteiger partial charge >= 0.3 is 0 Å². The van der Waals surface area contributed by atoms with Crippen molar-refractivity contribution in [1.29, 1.82) is 0 Å². The Bertz CT molecular complexity index is 3260. The Morgan fingerprint density at radius 1 is 0.328 bits per heavy atom. The van der Waals surface area contributed by atoms with E-state index < -0.39 is 0 Å². The lowest BCUT2D eigenvalue weighted by Gasteiger charge is -2.27. The average molecular weight is 782 g/mol. The van der Waals surface area contributed by atoms with E-state index in [0.29, 0.717) is 0 Å². The summed E-state index contributed by atoms with van der Waals surface area (Å²) in [6.07, 6.45) is 3.71. The molecule has 0 aliphatic heterocycles. The monoisotopic (exact) mass is 781 g/mol. The molecular weight excluding hydrogens is 743 g/mol. The van der Waals surface area contributed by atoms with Gasteiger partial charge < -0.3 is 14.2 Å². The minimum Gasteiger partial charge on any atom is -0.454 e. The highest BCUT2D eigenvalue weighted by molar-refractivity contribution is 6.15. The van der Waals surface area contributed by atoms with Crippen LogP contribution in [0.5, 0.6) is 0 Å². The molecule has 0 saturated heterocycles. The van der Waals surface area contributed by atoms with Crippen LogP contribution in [0.3, 0.4) is 0 Å². The highest BCUT2D eigenvalue weighted by Gasteiger charge is 2.22. The summed E-state index contributed by atoms with van der Waals surface area (Å²) in [4.78, 5) is 8.95. The maximum atomic E-state index is 6.93. The zero-order valence-corrected chi connectivity index (χ0v) is 33.3. The highest BCUT2D eigenvalue weighted by atomic mass is 16.3. The molecule has 4 nitrogen and oxygen atoms in total. The van der Waals surface area contributed by atoms with E-state index >= 15 is 0 Å². The molecule has 0 N–H and O–H groups in total. The van der Waals surface area contributed by atoms with Crippen LogP contribution in [-0.4, -0.2) is 4.98 Å². The van der Waals surface area contributed by atoms with Gasteiger partial charge in [-0.1, -0.05) is 133 Å². The number of anilines is 6. The van der Waals surface area contributed by atoms with Crippen molar-refractivity contribution in [2.45, 2.75) is 0 Å². The molecule has 0 radical (unpaired) electrons. The molecule has 0 fully saturated rings. The van der Waals surface area contributed by atoms with E-state index in [1.165, 1.54) is 16.5 Å². The molecule has 4 heteroatoms. The Kier molecular flexibility index (Phi) is 9.14. The van der Waals surface area contributed by atoms with Gasteiger partial charge in [-0.05, 0) is 135 Å². The molecule has 11 rings (SSSR count). The largest absolute Gasteiger partial charge is 0.454 e. The Labute approximate surface area is 354 Å². The first-order valence-corrected chi connectivity index (χ1v) is 20.6. The van der Waals surface area contributed by atoms with Gasteiger partial charge in [-0.3, -0.25) is 4.98 Å². The number of rotatable bonds is 9. The standard InChI is InChI=1S/C57H39N3O/c1-4-13-40(14-5-1)41-22-32-52(33-23-41)60(49-20-8-3-9-21-49)55-37-47(36-54-53-35-44-15-10-11-16-45(44)38-56(53)61-57(54)55)43-26-30-51(31-27-43)59(48-18-6-2-7-19-48)50-28-24-42(25-29-50)46-17-12-34-58-39-46/h1-39H. The van der Waals surface area contributed by atoms with Gasteiger partial charge in [0.05, 0.1) is 5.69 Å². The molecule has 0 spiro atoms. The number of fused-ring (bicyclic) bond motifs is 4. The molecule has 0 saturated carbocycles. The van der Waals surface area contributed by atoms with Crippen LogP contribution in [-0.2, 0) is 0 Å². The smallest absolute Gasteiger partial charge is 0.159 e. The molecule has 11 aromatic rings. The maximum absolute atomic E-state index is 6.93. The van der Waals surface area contributed by atoms with Crippen LogP contribution in [0, 0.1) is 0 Å². The summed E-state index contributed by atoms with van der Waals surface area (Å²) in [5.41, 5.74) is 14.8. The maximum Gasteiger partial charge on any atom is 0.159 e. The third-order valence-corrected chi connectivity index (χ3v) is 11.5. The molecule has 0 atom stereocenters. The SMILES string of the molecule is c1ccc(-c2ccc(N(c3ccccc3)c3cc(-c4ccc(N(c5ccccc5)c5ccc(-c6cccnc6)cc5)cc4)cc4c3oc3cc5ccccc5cc34)cc2)cc1. The minimum absolute atomic E-state index is 0.839. The normalized spacial score (nSPS) is 11.3. The summed E-state index contributed by atoms with van der Waals surface area (Å²) in [6.45, 7) is 0. The topological polar surface area (TPSA) is 32.5 Å². The van der Waals surface area contributed by atoms with Gasteiger partial charge in [0.1, 0.15) is 5.58 Å². The summed E-state index contributed by atoms with van der Waals surface area (Å²) in [7, 11) is 0. The van der Waals surface area contributed by atoms with E-state index in [-0.39, 0.29) is 0 Å². The molecule has 61 heavy (non-hydrogen) atoms. The Balaban J connectivity index is 1.06. The van der Waals surface area contributed by atoms with Crippen molar-refractivity contribution in [3.8, 4) is 33.4 Å². The van der Waals surface area contributed by atoms with Gasteiger partial charge in [-0.25, -0.2) is 0 Å². The van der Waals surface area contributed by atoms with Crippen molar-refractivity contribution in [2.75, 3.05) is 9.80 Å². The first-order valence-electron chi connectivity index (χ1n) is 20.6. The summed E-state index contributed by atoms with van der Waals surface area (Å²) < 4.78 is 6.93. The van der Waals surface area contributed by atoms with Gasteiger partial charge in [0, 0.05) is 51.6 Å². The first kappa shape index (κ1) is 35.9. The third kappa shape index (κ3) is 6.86. The van der Waals surface area contributed by atoms with Gasteiger partial charge in [0.2, 0.25) is 0 Å². The van der Waals surface area contributed by atoms with Crippen LogP contribution < -0.4 is 9.80 Å². The van der Waals surface area contributed by atoms with Crippen LogP contribution >= 0.6 is 0 Å². The zero-order valence-electron chi connectivity index (χ0n) is 33.3. The van der Waals surface area contributed by atoms with Crippen molar-refractivity contribution in [1.82, 2.24) is 4.98 Å². The van der Waals surface area contributed by atoms with Crippen LogP contribution in [0.4, 0.5) is 34.1 Å². The second kappa shape index (κ2) is 15.5. The van der Waals surface area contributed by atoms with E-state index in [1.54, 1.807) is 6.20 Å². The third-order valence-electron chi connectivity index (χ3n) is 11.5. The average Bonchev–Trinajstić information content (AvgIpc) is 3.70. The molecule has 288 valence electrons. The number of pyridine rings is 1. The highest BCUT2D eigenvalue weighted by Crippen LogP contribution is 2.46. The minimum atomic E-state index is 0.839. The molecule has 0 aliphatic carbocycles. The fraction of sp³-hybridized carbons (Fsp3) is 0. The summed E-state index contributed by atoms with van der Waals surface area (Å²) in [5.74, 6) is 0. The molecule has 0 amide bonds. The van der Waals surface area contributed by atoms with Crippen LogP contribution in [0.1, 0.15) is 0 Å². The van der Waals surface area contributed by atoms with Gasteiger partial charge in [0.15, 0.2) is 5.58 Å². The lowest BCUT2D eigenvalue weighted by molar-refractivity contribution is 0.669. The molecule has 2 heterocycles.